The Morgan fingerprint density at radius 3 is 2.65 bits per heavy atom. The van der Waals surface area contributed by atoms with Gasteiger partial charge in [0.15, 0.2) is 0 Å². The SMILES string of the molecule is O=S(=O)(/C=C/c1ccccc1)N1CCSC(c2cccs2)CC1. The van der Waals surface area contributed by atoms with Crippen molar-refractivity contribution < 1.29 is 8.42 Å². The van der Waals surface area contributed by atoms with Crippen molar-refractivity contribution in [3.05, 3.63) is 63.7 Å². The van der Waals surface area contributed by atoms with Crippen LogP contribution < -0.4 is 0 Å². The van der Waals surface area contributed by atoms with Crippen LogP contribution in [0.2, 0.25) is 0 Å². The first-order chi connectivity index (χ1) is 11.1. The van der Waals surface area contributed by atoms with Crippen LogP contribution in [-0.4, -0.2) is 31.6 Å². The van der Waals surface area contributed by atoms with E-state index in [1.54, 1.807) is 21.7 Å². The summed E-state index contributed by atoms with van der Waals surface area (Å²) in [6.45, 7) is 1.16. The van der Waals surface area contributed by atoms with E-state index in [9.17, 15) is 8.42 Å². The average Bonchev–Trinajstić information content (AvgIpc) is 2.98. The second-order valence-electron chi connectivity index (χ2n) is 5.32. The van der Waals surface area contributed by atoms with E-state index < -0.39 is 10.0 Å². The van der Waals surface area contributed by atoms with Crippen LogP contribution in [0.5, 0.6) is 0 Å². The Morgan fingerprint density at radius 2 is 1.91 bits per heavy atom. The predicted molar refractivity (Wildman–Crippen MR) is 100 cm³/mol. The van der Waals surface area contributed by atoms with E-state index in [1.807, 2.05) is 42.1 Å². The van der Waals surface area contributed by atoms with Crippen molar-refractivity contribution in [3.63, 3.8) is 0 Å². The zero-order chi connectivity index (χ0) is 16.1. The first-order valence-electron chi connectivity index (χ1n) is 7.53. The summed E-state index contributed by atoms with van der Waals surface area (Å²) in [5.41, 5.74) is 0.900. The molecule has 0 amide bonds. The van der Waals surface area contributed by atoms with Gasteiger partial charge in [0, 0.05) is 34.4 Å². The van der Waals surface area contributed by atoms with Crippen LogP contribution in [0.1, 0.15) is 22.1 Å². The van der Waals surface area contributed by atoms with Gasteiger partial charge in [0.05, 0.1) is 0 Å². The molecule has 23 heavy (non-hydrogen) atoms. The molecule has 3 rings (SSSR count). The molecule has 0 aliphatic carbocycles. The number of benzene rings is 1. The Balaban J connectivity index is 1.67. The molecule has 0 spiro atoms. The lowest BCUT2D eigenvalue weighted by Crippen LogP contribution is -2.31. The summed E-state index contributed by atoms with van der Waals surface area (Å²) >= 11 is 3.61. The van der Waals surface area contributed by atoms with E-state index in [0.29, 0.717) is 18.3 Å². The second-order valence-corrected chi connectivity index (χ2v) is 9.43. The van der Waals surface area contributed by atoms with E-state index >= 15 is 0 Å². The maximum Gasteiger partial charge on any atom is 0.236 e. The normalized spacial score (nSPS) is 20.6. The van der Waals surface area contributed by atoms with Crippen molar-refractivity contribution in [3.8, 4) is 0 Å². The van der Waals surface area contributed by atoms with E-state index in [4.69, 9.17) is 0 Å². The molecule has 1 aliphatic rings. The molecule has 2 aromatic rings. The van der Waals surface area contributed by atoms with Gasteiger partial charge >= 0.3 is 0 Å². The Kier molecular flexibility index (Phi) is 5.58. The fourth-order valence-electron chi connectivity index (χ4n) is 2.52. The molecule has 0 N–H and O–H groups in total. The van der Waals surface area contributed by atoms with Crippen LogP contribution in [0.15, 0.2) is 53.3 Å². The monoisotopic (exact) mass is 365 g/mol. The third kappa shape index (κ3) is 4.47. The molecule has 0 bridgehead atoms. The van der Waals surface area contributed by atoms with Crippen molar-refractivity contribution in [2.45, 2.75) is 11.7 Å². The van der Waals surface area contributed by atoms with Crippen LogP contribution in [0.4, 0.5) is 0 Å². The van der Waals surface area contributed by atoms with Gasteiger partial charge in [-0.05, 0) is 29.5 Å². The van der Waals surface area contributed by atoms with Crippen LogP contribution in [0.25, 0.3) is 6.08 Å². The highest BCUT2D eigenvalue weighted by atomic mass is 32.2. The topological polar surface area (TPSA) is 37.4 Å². The highest BCUT2D eigenvalue weighted by Gasteiger charge is 2.25. The van der Waals surface area contributed by atoms with Crippen molar-refractivity contribution in [1.82, 2.24) is 4.31 Å². The smallest absolute Gasteiger partial charge is 0.208 e. The summed E-state index contributed by atoms with van der Waals surface area (Å²) in [6.07, 6.45) is 2.54. The van der Waals surface area contributed by atoms with Crippen molar-refractivity contribution in [1.29, 1.82) is 0 Å². The maximum atomic E-state index is 12.5. The molecule has 2 heterocycles. The van der Waals surface area contributed by atoms with Gasteiger partial charge in [0.25, 0.3) is 0 Å². The van der Waals surface area contributed by atoms with Crippen molar-refractivity contribution >= 4 is 39.2 Å². The molecule has 6 heteroatoms. The Labute approximate surface area is 146 Å². The highest BCUT2D eigenvalue weighted by molar-refractivity contribution is 7.99. The lowest BCUT2D eigenvalue weighted by molar-refractivity contribution is 0.435. The number of sulfonamides is 1. The van der Waals surface area contributed by atoms with Crippen LogP contribution in [0, 0.1) is 0 Å². The van der Waals surface area contributed by atoms with Gasteiger partial charge in [-0.25, -0.2) is 8.42 Å². The van der Waals surface area contributed by atoms with Crippen molar-refractivity contribution in [2.75, 3.05) is 18.8 Å². The number of thioether (sulfide) groups is 1. The fraction of sp³-hybridized carbons (Fsp3) is 0.294. The minimum Gasteiger partial charge on any atom is -0.208 e. The first kappa shape index (κ1) is 16.8. The van der Waals surface area contributed by atoms with Gasteiger partial charge in [0.1, 0.15) is 0 Å². The minimum atomic E-state index is -3.35. The zero-order valence-corrected chi connectivity index (χ0v) is 15.1. The molecule has 0 radical (unpaired) electrons. The largest absolute Gasteiger partial charge is 0.236 e. The fourth-order valence-corrected chi connectivity index (χ4v) is 6.08. The predicted octanol–water partition coefficient (Wildman–Crippen LogP) is 4.23. The summed E-state index contributed by atoms with van der Waals surface area (Å²) in [4.78, 5) is 1.34. The molecule has 1 aromatic carbocycles. The molecule has 1 aliphatic heterocycles. The van der Waals surface area contributed by atoms with Gasteiger partial charge < -0.3 is 0 Å². The summed E-state index contributed by atoms with van der Waals surface area (Å²) in [7, 11) is -3.35. The molecule has 0 saturated carbocycles. The molecule has 122 valence electrons. The Bertz CT molecular complexity index is 739. The van der Waals surface area contributed by atoms with Crippen LogP contribution >= 0.6 is 23.1 Å². The number of hydrogen-bond donors (Lipinski definition) is 0. The quantitative estimate of drug-likeness (QED) is 0.814. The molecule has 1 aromatic heterocycles. The summed E-state index contributed by atoms with van der Waals surface area (Å²) in [6, 6.07) is 13.7. The third-order valence-electron chi connectivity index (χ3n) is 3.75. The van der Waals surface area contributed by atoms with Crippen LogP contribution in [0.3, 0.4) is 0 Å². The number of nitrogens with zero attached hydrogens (tertiary/aromatic N) is 1. The van der Waals surface area contributed by atoms with E-state index in [0.717, 1.165) is 17.7 Å². The molecular formula is C17H19NO2S3. The van der Waals surface area contributed by atoms with E-state index in [-0.39, 0.29) is 0 Å². The standard InChI is InChI=1S/C17H19NO2S3/c19-23(20,14-9-15-5-2-1-3-6-15)18-10-8-17(22-13-11-18)16-7-4-12-21-16/h1-7,9,12,14,17H,8,10-11,13H2/b14-9+. The van der Waals surface area contributed by atoms with Gasteiger partial charge in [-0.15, -0.1) is 11.3 Å². The zero-order valence-electron chi connectivity index (χ0n) is 12.7. The lowest BCUT2D eigenvalue weighted by atomic mass is 10.2. The molecule has 1 saturated heterocycles. The van der Waals surface area contributed by atoms with Gasteiger partial charge in [-0.3, -0.25) is 0 Å². The molecule has 3 nitrogen and oxygen atoms in total. The summed E-state index contributed by atoms with van der Waals surface area (Å²) < 4.78 is 26.7. The molecule has 1 unspecified atom stereocenters. The summed E-state index contributed by atoms with van der Waals surface area (Å²) in [5, 5.41) is 3.82. The van der Waals surface area contributed by atoms with E-state index in [1.165, 1.54) is 10.3 Å². The molecular weight excluding hydrogens is 346 g/mol. The van der Waals surface area contributed by atoms with E-state index in [2.05, 4.69) is 17.5 Å². The third-order valence-corrected chi connectivity index (χ3v) is 7.76. The number of hydrogen-bond acceptors (Lipinski definition) is 4. The lowest BCUT2D eigenvalue weighted by Gasteiger charge is -2.17. The van der Waals surface area contributed by atoms with Crippen molar-refractivity contribution in [2.24, 2.45) is 0 Å². The maximum absolute atomic E-state index is 12.5. The Hall–Kier alpha value is -1.08. The first-order valence-corrected chi connectivity index (χ1v) is 11.0. The average molecular weight is 366 g/mol. The van der Waals surface area contributed by atoms with Crippen LogP contribution in [-0.2, 0) is 10.0 Å². The Morgan fingerprint density at radius 1 is 1.09 bits per heavy atom. The summed E-state index contributed by atoms with van der Waals surface area (Å²) in [5.74, 6) is 0.834. The minimum absolute atomic E-state index is 0.410. The number of rotatable bonds is 4. The highest BCUT2D eigenvalue weighted by Crippen LogP contribution is 2.37. The van der Waals surface area contributed by atoms with Gasteiger partial charge in [-0.1, -0.05) is 36.4 Å². The van der Waals surface area contributed by atoms with Gasteiger partial charge in [-0.2, -0.15) is 16.1 Å². The molecule has 1 fully saturated rings. The van der Waals surface area contributed by atoms with Gasteiger partial charge in [0.2, 0.25) is 10.0 Å². The molecule has 1 atom stereocenters. The number of thiophene rings is 1. The second kappa shape index (κ2) is 7.66.